The van der Waals surface area contributed by atoms with Gasteiger partial charge in [-0.3, -0.25) is 14.2 Å². The molecule has 226 valence electrons. The Morgan fingerprint density at radius 3 is 2.44 bits per heavy atom. The largest absolute Gasteiger partial charge is 0.494 e. The minimum Gasteiger partial charge on any atom is -0.494 e. The van der Waals surface area contributed by atoms with E-state index < -0.39 is 17.6 Å². The molecule has 4 rings (SSSR count). The molecule has 8 nitrogen and oxygen atoms in total. The number of carbonyl (C=O) groups is 2. The van der Waals surface area contributed by atoms with Crippen LogP contribution in [0.5, 0.6) is 5.75 Å². The summed E-state index contributed by atoms with van der Waals surface area (Å²) in [4.78, 5) is 25.5. The van der Waals surface area contributed by atoms with Crippen LogP contribution in [0.3, 0.4) is 0 Å². The van der Waals surface area contributed by atoms with Crippen molar-refractivity contribution >= 4 is 52.5 Å². The number of thioether (sulfide) groups is 1. The van der Waals surface area contributed by atoms with Crippen molar-refractivity contribution in [1.82, 2.24) is 20.1 Å². The number of unbranched alkanes of at least 4 members (excludes halogenated alkanes) is 1. The van der Waals surface area contributed by atoms with Crippen molar-refractivity contribution in [1.29, 1.82) is 0 Å². The molecule has 3 aromatic carbocycles. The van der Waals surface area contributed by atoms with Crippen molar-refractivity contribution in [3.05, 3.63) is 93.7 Å². The maximum atomic E-state index is 13.3. The third-order valence-electron chi connectivity index (χ3n) is 5.99. The highest BCUT2D eigenvalue weighted by Crippen LogP contribution is 2.35. The second kappa shape index (κ2) is 14.6. The predicted molar refractivity (Wildman–Crippen MR) is 160 cm³/mol. The van der Waals surface area contributed by atoms with Gasteiger partial charge < -0.3 is 15.4 Å². The Morgan fingerprint density at radius 1 is 1.00 bits per heavy atom. The van der Waals surface area contributed by atoms with Crippen LogP contribution in [0.15, 0.2) is 71.9 Å². The molecule has 0 saturated carbocycles. The number of nitrogens with one attached hydrogen (secondary N) is 2. The van der Waals surface area contributed by atoms with Gasteiger partial charge in [0.25, 0.3) is 5.91 Å². The molecule has 0 radical (unpaired) electrons. The number of halogens is 5. The van der Waals surface area contributed by atoms with E-state index in [1.807, 2.05) is 0 Å². The summed E-state index contributed by atoms with van der Waals surface area (Å²) in [6.07, 6.45) is -2.69. The molecule has 14 heteroatoms. The predicted octanol–water partition coefficient (Wildman–Crippen LogP) is 7.43. The third-order valence-corrected chi connectivity index (χ3v) is 7.66. The fraction of sp³-hybridized carbons (Fsp3) is 0.241. The van der Waals surface area contributed by atoms with Gasteiger partial charge in [-0.05, 0) is 61.0 Å². The molecule has 0 bridgehead atoms. The number of anilines is 1. The second-order valence-electron chi connectivity index (χ2n) is 9.12. The number of aromatic nitrogens is 3. The lowest BCUT2D eigenvalue weighted by Crippen LogP contribution is -2.24. The average molecular weight is 653 g/mol. The van der Waals surface area contributed by atoms with Crippen LogP contribution in [0.2, 0.25) is 10.0 Å². The summed E-state index contributed by atoms with van der Waals surface area (Å²) in [5.41, 5.74) is -0.393. The van der Waals surface area contributed by atoms with E-state index in [-0.39, 0.29) is 34.1 Å². The van der Waals surface area contributed by atoms with Crippen molar-refractivity contribution < 1.29 is 27.5 Å². The molecule has 1 heterocycles. The summed E-state index contributed by atoms with van der Waals surface area (Å²) in [6, 6.07) is 16.2. The van der Waals surface area contributed by atoms with Crippen molar-refractivity contribution in [3.63, 3.8) is 0 Å². The van der Waals surface area contributed by atoms with Crippen LogP contribution >= 0.6 is 35.0 Å². The number of amides is 2. The molecule has 0 unspecified atom stereocenters. The zero-order valence-corrected chi connectivity index (χ0v) is 25.1. The number of alkyl halides is 3. The highest BCUT2D eigenvalue weighted by atomic mass is 35.5. The minimum absolute atomic E-state index is 0.0352. The van der Waals surface area contributed by atoms with Gasteiger partial charge >= 0.3 is 6.18 Å². The number of para-hydroxylation sites is 1. The second-order valence-corrected chi connectivity index (χ2v) is 10.9. The van der Waals surface area contributed by atoms with Gasteiger partial charge in [0.1, 0.15) is 5.75 Å². The summed E-state index contributed by atoms with van der Waals surface area (Å²) in [5, 5.41) is 14.2. The Morgan fingerprint density at radius 2 is 1.74 bits per heavy atom. The van der Waals surface area contributed by atoms with Crippen LogP contribution in [0, 0.1) is 0 Å². The van der Waals surface area contributed by atoms with Gasteiger partial charge in [-0.25, -0.2) is 0 Å². The number of nitrogens with zero attached hydrogens (tertiary/aromatic N) is 3. The van der Waals surface area contributed by atoms with Crippen LogP contribution in [0.25, 0.3) is 5.69 Å². The molecule has 43 heavy (non-hydrogen) atoms. The van der Waals surface area contributed by atoms with Crippen LogP contribution < -0.4 is 15.4 Å². The number of hydrogen-bond acceptors (Lipinski definition) is 6. The quantitative estimate of drug-likeness (QED) is 0.122. The van der Waals surface area contributed by atoms with Crippen molar-refractivity contribution in [3.8, 4) is 11.4 Å². The zero-order chi connectivity index (χ0) is 31.0. The first-order valence-corrected chi connectivity index (χ1v) is 14.8. The van der Waals surface area contributed by atoms with E-state index in [1.54, 1.807) is 47.0 Å². The number of benzene rings is 3. The Kier molecular flexibility index (Phi) is 10.9. The van der Waals surface area contributed by atoms with Crippen LogP contribution in [-0.4, -0.2) is 38.9 Å². The van der Waals surface area contributed by atoms with E-state index >= 15 is 0 Å². The van der Waals surface area contributed by atoms with Gasteiger partial charge in [-0.15, -0.1) is 10.2 Å². The normalized spacial score (nSPS) is 11.3. The van der Waals surface area contributed by atoms with Gasteiger partial charge in [-0.2, -0.15) is 13.2 Å². The zero-order valence-electron chi connectivity index (χ0n) is 22.8. The molecule has 4 aromatic rings. The van der Waals surface area contributed by atoms with Gasteiger partial charge in [0, 0.05) is 5.56 Å². The highest BCUT2D eigenvalue weighted by Gasteiger charge is 2.33. The minimum atomic E-state index is -4.63. The van der Waals surface area contributed by atoms with E-state index in [0.717, 1.165) is 30.7 Å². The number of rotatable bonds is 12. The van der Waals surface area contributed by atoms with Crippen LogP contribution in [0.4, 0.5) is 18.9 Å². The number of carbonyl (C=O) groups excluding carboxylic acids is 2. The maximum Gasteiger partial charge on any atom is 0.418 e. The van der Waals surface area contributed by atoms with E-state index in [4.69, 9.17) is 27.9 Å². The standard InChI is InChI=1S/C29H26Cl2F3N5O3S/c1-2-3-14-42-20-11-8-18(9-12-20)27(41)35-16-25-37-38-28(39(25)19-10-13-22(30)23(31)15-19)43-17-26(40)36-24-7-5-4-6-21(24)29(32,33)34/h4-13,15H,2-3,14,16-17H2,1H3,(H,35,41)(H,36,40). The number of ether oxygens (including phenoxy) is 1. The SMILES string of the molecule is CCCCOc1ccc(C(=O)NCc2nnc(SCC(=O)Nc3ccccc3C(F)(F)F)n2-c2ccc(Cl)c(Cl)c2)cc1. The summed E-state index contributed by atoms with van der Waals surface area (Å²) in [7, 11) is 0. The lowest BCUT2D eigenvalue weighted by Gasteiger charge is -2.14. The van der Waals surface area contributed by atoms with E-state index in [0.29, 0.717) is 34.5 Å². The first-order chi connectivity index (χ1) is 20.6. The summed E-state index contributed by atoms with van der Waals surface area (Å²) in [5.74, 6) is -0.332. The first-order valence-electron chi connectivity index (χ1n) is 13.1. The Hall–Kier alpha value is -3.74. The fourth-order valence-electron chi connectivity index (χ4n) is 3.85. The molecule has 2 amide bonds. The molecule has 0 atom stereocenters. The van der Waals surface area contributed by atoms with E-state index in [9.17, 15) is 22.8 Å². The highest BCUT2D eigenvalue weighted by molar-refractivity contribution is 7.99. The lowest BCUT2D eigenvalue weighted by atomic mass is 10.1. The summed E-state index contributed by atoms with van der Waals surface area (Å²) >= 11 is 13.3. The maximum absolute atomic E-state index is 13.3. The first kappa shape index (κ1) is 32.2. The molecule has 2 N–H and O–H groups in total. The Labute approximate surface area is 259 Å². The topological polar surface area (TPSA) is 98.1 Å². The van der Waals surface area contributed by atoms with Crippen molar-refractivity contribution in [2.45, 2.75) is 37.6 Å². The molecule has 0 fully saturated rings. The molecule has 0 aliphatic carbocycles. The van der Waals surface area contributed by atoms with Gasteiger partial charge in [0.15, 0.2) is 11.0 Å². The smallest absolute Gasteiger partial charge is 0.418 e. The van der Waals surface area contributed by atoms with Crippen LogP contribution in [-0.2, 0) is 17.5 Å². The third kappa shape index (κ3) is 8.65. The summed E-state index contributed by atoms with van der Waals surface area (Å²) < 4.78 is 47.2. The van der Waals surface area contributed by atoms with E-state index in [2.05, 4.69) is 27.8 Å². The Bertz CT molecular complexity index is 1580. The monoisotopic (exact) mass is 651 g/mol. The summed E-state index contributed by atoms with van der Waals surface area (Å²) in [6.45, 7) is 2.63. The lowest BCUT2D eigenvalue weighted by molar-refractivity contribution is -0.137. The molecule has 0 saturated heterocycles. The average Bonchev–Trinajstić information content (AvgIpc) is 3.39. The molecule has 1 aromatic heterocycles. The molecular weight excluding hydrogens is 626 g/mol. The van der Waals surface area contributed by atoms with Gasteiger partial charge in [0.2, 0.25) is 5.91 Å². The number of hydrogen-bond donors (Lipinski definition) is 2. The van der Waals surface area contributed by atoms with E-state index in [1.165, 1.54) is 18.2 Å². The fourth-order valence-corrected chi connectivity index (χ4v) is 4.91. The molecule has 0 aliphatic heterocycles. The molecular formula is C29H26Cl2F3N5O3S. The molecule has 0 spiro atoms. The van der Waals surface area contributed by atoms with Crippen molar-refractivity contribution in [2.24, 2.45) is 0 Å². The Balaban J connectivity index is 1.49. The van der Waals surface area contributed by atoms with Gasteiger partial charge in [0.05, 0.1) is 45.9 Å². The van der Waals surface area contributed by atoms with Crippen LogP contribution in [0.1, 0.15) is 41.5 Å². The van der Waals surface area contributed by atoms with Crippen molar-refractivity contribution in [2.75, 3.05) is 17.7 Å². The van der Waals surface area contributed by atoms with Gasteiger partial charge in [-0.1, -0.05) is 60.4 Å². The molecule has 0 aliphatic rings.